The fourth-order valence-corrected chi connectivity index (χ4v) is 2.45. The summed E-state index contributed by atoms with van der Waals surface area (Å²) in [5.74, 6) is 1.42. The first-order valence-electron chi connectivity index (χ1n) is 6.01. The summed E-state index contributed by atoms with van der Waals surface area (Å²) in [6, 6.07) is 11.3. The van der Waals surface area contributed by atoms with E-state index < -0.39 is 0 Å². The lowest BCUT2D eigenvalue weighted by molar-refractivity contribution is 0.415. The van der Waals surface area contributed by atoms with Gasteiger partial charge < -0.3 is 20.8 Å². The van der Waals surface area contributed by atoms with Crippen LogP contribution >= 0.6 is 15.9 Å². The standard InChI is InChI=1S/C14H13BrN4O/c1-20-11-5-8(15)4-10(7-11)17-14-18-12-3-2-9(16)6-13(12)19-14/h2-7H,16H2,1H3,(H2,17,18,19). The SMILES string of the molecule is COc1cc(Br)cc(Nc2nc3ccc(N)cc3[nH]2)c1. The summed E-state index contributed by atoms with van der Waals surface area (Å²) < 4.78 is 6.16. The van der Waals surface area contributed by atoms with Crippen molar-refractivity contribution < 1.29 is 4.74 Å². The zero-order valence-electron chi connectivity index (χ0n) is 10.8. The van der Waals surface area contributed by atoms with Crippen molar-refractivity contribution in [2.24, 2.45) is 0 Å². The maximum Gasteiger partial charge on any atom is 0.205 e. The normalized spacial score (nSPS) is 10.7. The molecule has 2 aromatic carbocycles. The number of H-pyrrole nitrogens is 1. The van der Waals surface area contributed by atoms with E-state index in [1.165, 1.54) is 0 Å². The molecule has 3 rings (SSSR count). The monoisotopic (exact) mass is 332 g/mol. The van der Waals surface area contributed by atoms with Crippen LogP contribution in [0.3, 0.4) is 0 Å². The van der Waals surface area contributed by atoms with E-state index in [1.54, 1.807) is 7.11 Å². The van der Waals surface area contributed by atoms with Gasteiger partial charge in [0, 0.05) is 21.9 Å². The van der Waals surface area contributed by atoms with Gasteiger partial charge in [-0.1, -0.05) is 15.9 Å². The number of aromatic amines is 1. The second-order valence-corrected chi connectivity index (χ2v) is 5.28. The van der Waals surface area contributed by atoms with Crippen LogP contribution in [-0.2, 0) is 0 Å². The van der Waals surface area contributed by atoms with E-state index in [0.717, 1.165) is 26.9 Å². The molecule has 6 heteroatoms. The number of imidazole rings is 1. The Morgan fingerprint density at radius 2 is 2.10 bits per heavy atom. The lowest BCUT2D eigenvalue weighted by Gasteiger charge is -2.06. The minimum Gasteiger partial charge on any atom is -0.497 e. The summed E-state index contributed by atoms with van der Waals surface area (Å²) in [6.45, 7) is 0. The molecule has 0 saturated carbocycles. The molecule has 1 aromatic heterocycles. The van der Waals surface area contributed by atoms with Crippen LogP contribution in [0.5, 0.6) is 5.75 Å². The van der Waals surface area contributed by atoms with Gasteiger partial charge in [-0.3, -0.25) is 0 Å². The number of fused-ring (bicyclic) bond motifs is 1. The maximum absolute atomic E-state index is 5.75. The molecule has 0 unspecified atom stereocenters. The number of methoxy groups -OCH3 is 1. The molecule has 0 aliphatic heterocycles. The molecule has 5 nitrogen and oxygen atoms in total. The number of nitrogens with one attached hydrogen (secondary N) is 2. The van der Waals surface area contributed by atoms with Crippen LogP contribution in [0, 0.1) is 0 Å². The zero-order chi connectivity index (χ0) is 14.1. The Labute approximate surface area is 124 Å². The summed E-state index contributed by atoms with van der Waals surface area (Å²) in [5.41, 5.74) is 9.10. The number of hydrogen-bond donors (Lipinski definition) is 3. The minimum absolute atomic E-state index is 0.658. The van der Waals surface area contributed by atoms with Gasteiger partial charge in [0.25, 0.3) is 0 Å². The molecule has 0 aliphatic rings. The first-order chi connectivity index (χ1) is 9.64. The first kappa shape index (κ1) is 12.8. The number of halogens is 1. The van der Waals surface area contributed by atoms with Gasteiger partial charge in [-0.2, -0.15) is 0 Å². The van der Waals surface area contributed by atoms with Crippen LogP contribution in [0.1, 0.15) is 0 Å². The van der Waals surface area contributed by atoms with Crippen LogP contribution in [0.4, 0.5) is 17.3 Å². The molecule has 3 aromatic rings. The predicted octanol–water partition coefficient (Wildman–Crippen LogP) is 3.66. The van der Waals surface area contributed by atoms with E-state index in [0.29, 0.717) is 11.6 Å². The molecule has 1 heterocycles. The number of hydrogen-bond acceptors (Lipinski definition) is 4. The highest BCUT2D eigenvalue weighted by Crippen LogP contribution is 2.27. The summed E-state index contributed by atoms with van der Waals surface area (Å²) in [6.07, 6.45) is 0. The van der Waals surface area contributed by atoms with Gasteiger partial charge in [0.05, 0.1) is 18.1 Å². The third-order valence-corrected chi connectivity index (χ3v) is 3.33. The molecule has 20 heavy (non-hydrogen) atoms. The highest BCUT2D eigenvalue weighted by atomic mass is 79.9. The molecule has 102 valence electrons. The third-order valence-electron chi connectivity index (χ3n) is 2.88. The van der Waals surface area contributed by atoms with Crippen molar-refractivity contribution in [2.45, 2.75) is 0 Å². The van der Waals surface area contributed by atoms with Crippen molar-refractivity contribution in [1.29, 1.82) is 0 Å². The molecule has 0 fully saturated rings. The quantitative estimate of drug-likeness (QED) is 0.640. The van der Waals surface area contributed by atoms with Crippen molar-refractivity contribution in [2.75, 3.05) is 18.2 Å². The van der Waals surface area contributed by atoms with E-state index in [2.05, 4.69) is 31.2 Å². The van der Waals surface area contributed by atoms with E-state index in [9.17, 15) is 0 Å². The van der Waals surface area contributed by atoms with Crippen molar-refractivity contribution >= 4 is 44.3 Å². The van der Waals surface area contributed by atoms with Crippen molar-refractivity contribution in [3.8, 4) is 5.75 Å². The molecule has 0 saturated heterocycles. The van der Waals surface area contributed by atoms with Crippen LogP contribution in [0.25, 0.3) is 11.0 Å². The average Bonchev–Trinajstić information content (AvgIpc) is 2.79. The van der Waals surface area contributed by atoms with E-state index >= 15 is 0 Å². The second-order valence-electron chi connectivity index (χ2n) is 4.37. The summed E-state index contributed by atoms with van der Waals surface area (Å²) in [7, 11) is 1.63. The van der Waals surface area contributed by atoms with E-state index in [-0.39, 0.29) is 0 Å². The largest absolute Gasteiger partial charge is 0.497 e. The third kappa shape index (κ3) is 2.55. The molecule has 0 aliphatic carbocycles. The maximum atomic E-state index is 5.75. The van der Waals surface area contributed by atoms with Gasteiger partial charge in [0.2, 0.25) is 5.95 Å². The average molecular weight is 333 g/mol. The Hall–Kier alpha value is -2.21. The number of anilines is 3. The number of nitrogen functional groups attached to an aromatic ring is 1. The van der Waals surface area contributed by atoms with Crippen LogP contribution in [0.15, 0.2) is 40.9 Å². The van der Waals surface area contributed by atoms with Gasteiger partial charge >= 0.3 is 0 Å². The molecule has 0 radical (unpaired) electrons. The number of aromatic nitrogens is 2. The first-order valence-corrected chi connectivity index (χ1v) is 6.80. The van der Waals surface area contributed by atoms with E-state index in [1.807, 2.05) is 36.4 Å². The molecule has 0 amide bonds. The van der Waals surface area contributed by atoms with Crippen LogP contribution < -0.4 is 15.8 Å². The minimum atomic E-state index is 0.658. The fourth-order valence-electron chi connectivity index (χ4n) is 1.98. The highest BCUT2D eigenvalue weighted by molar-refractivity contribution is 9.10. The Balaban J connectivity index is 1.94. The zero-order valence-corrected chi connectivity index (χ0v) is 12.4. The summed E-state index contributed by atoms with van der Waals surface area (Å²) >= 11 is 3.44. The van der Waals surface area contributed by atoms with Gasteiger partial charge in [-0.05, 0) is 30.3 Å². The van der Waals surface area contributed by atoms with Crippen LogP contribution in [0.2, 0.25) is 0 Å². The number of rotatable bonds is 3. The van der Waals surface area contributed by atoms with Gasteiger partial charge in [-0.25, -0.2) is 4.98 Å². The summed E-state index contributed by atoms with van der Waals surface area (Å²) in [5, 5.41) is 3.21. The van der Waals surface area contributed by atoms with Gasteiger partial charge in [0.1, 0.15) is 5.75 Å². The second kappa shape index (κ2) is 5.05. The smallest absolute Gasteiger partial charge is 0.205 e. The molecular weight excluding hydrogens is 320 g/mol. The summed E-state index contributed by atoms with van der Waals surface area (Å²) in [4.78, 5) is 7.64. The predicted molar refractivity (Wildman–Crippen MR) is 84.5 cm³/mol. The Bertz CT molecular complexity index is 769. The van der Waals surface area contributed by atoms with Crippen molar-refractivity contribution in [1.82, 2.24) is 9.97 Å². The number of nitrogens with two attached hydrogens (primary N) is 1. The highest BCUT2D eigenvalue weighted by Gasteiger charge is 2.05. The Morgan fingerprint density at radius 3 is 2.90 bits per heavy atom. The molecular formula is C14H13BrN4O. The van der Waals surface area contributed by atoms with Crippen LogP contribution in [-0.4, -0.2) is 17.1 Å². The van der Waals surface area contributed by atoms with Gasteiger partial charge in [0.15, 0.2) is 0 Å². The lowest BCUT2D eigenvalue weighted by atomic mass is 10.3. The van der Waals surface area contributed by atoms with Crippen molar-refractivity contribution in [3.63, 3.8) is 0 Å². The molecule has 0 atom stereocenters. The number of benzene rings is 2. The topological polar surface area (TPSA) is 76.0 Å². The van der Waals surface area contributed by atoms with Crippen molar-refractivity contribution in [3.05, 3.63) is 40.9 Å². The Kier molecular flexibility index (Phi) is 3.23. The van der Waals surface area contributed by atoms with E-state index in [4.69, 9.17) is 10.5 Å². The Morgan fingerprint density at radius 1 is 1.25 bits per heavy atom. The number of nitrogens with zero attached hydrogens (tertiary/aromatic N) is 1. The lowest BCUT2D eigenvalue weighted by Crippen LogP contribution is -1.93. The number of ether oxygens (including phenoxy) is 1. The molecule has 0 bridgehead atoms. The molecule has 0 spiro atoms. The van der Waals surface area contributed by atoms with Gasteiger partial charge in [-0.15, -0.1) is 0 Å². The fraction of sp³-hybridized carbons (Fsp3) is 0.0714. The molecule has 4 N–H and O–H groups in total.